The minimum atomic E-state index is -7.32. The third-order valence-corrected chi connectivity index (χ3v) is 7.41. The lowest BCUT2D eigenvalue weighted by Gasteiger charge is -2.27. The number of alkyl halides is 10. The zero-order chi connectivity index (χ0) is 18.6. The normalized spacial score (nSPS) is 16.2. The lowest BCUT2D eigenvalue weighted by Crippen LogP contribution is -2.55. The third kappa shape index (κ3) is 2.85. The maximum absolute atomic E-state index is 12.7. The van der Waals surface area contributed by atoms with Crippen molar-refractivity contribution < 1.29 is 60.7 Å². The Labute approximate surface area is 115 Å². The second kappa shape index (κ2) is 5.10. The largest absolute Gasteiger partial charge is 0.469 e. The molecule has 0 saturated heterocycles. The van der Waals surface area contributed by atoms with E-state index in [1.54, 1.807) is 0 Å². The Hall–Kier alpha value is -0.800. The zero-order valence-electron chi connectivity index (χ0n) is 9.81. The maximum Gasteiger partial charge on any atom is 0.469 e. The highest BCUT2D eigenvalue weighted by Gasteiger charge is 2.75. The summed E-state index contributed by atoms with van der Waals surface area (Å²) >= 11 is 0. The van der Waals surface area contributed by atoms with Gasteiger partial charge in [0.15, 0.2) is 4.58 Å². The zero-order valence-corrected chi connectivity index (χ0v) is 11.4. The second-order valence-corrected chi connectivity index (χ2v) is 8.60. The Balaban J connectivity index is 6.27. The highest BCUT2D eigenvalue weighted by molar-refractivity contribution is 8.10. The molecule has 0 radical (unpaired) electrons. The van der Waals surface area contributed by atoms with E-state index in [1.807, 2.05) is 0 Å². The van der Waals surface area contributed by atoms with Crippen LogP contribution in [0.2, 0.25) is 0 Å². The lowest BCUT2D eigenvalue weighted by molar-refractivity contribution is -0.242. The minimum Gasteiger partial charge on any atom is -0.221 e. The van der Waals surface area contributed by atoms with Gasteiger partial charge in [-0.15, -0.1) is 0 Å². The molecule has 0 spiro atoms. The first kappa shape index (κ1) is 21.2. The Morgan fingerprint density at radius 2 is 0.773 bits per heavy atom. The van der Waals surface area contributed by atoms with Crippen molar-refractivity contribution in [3.05, 3.63) is 0 Å². The van der Waals surface area contributed by atoms with E-state index in [4.69, 9.17) is 0 Å². The minimum absolute atomic E-state index is 0.649. The summed E-state index contributed by atoms with van der Waals surface area (Å²) in [5.74, 6) is 0. The monoisotopic (exact) mass is 394 g/mol. The van der Waals surface area contributed by atoms with Crippen LogP contribution in [0.25, 0.3) is 0 Å². The molecule has 0 aliphatic rings. The lowest BCUT2D eigenvalue weighted by atomic mass is 10.7. The summed E-state index contributed by atoms with van der Waals surface area (Å²) in [7, 11) is -14.6. The molecule has 4 nitrogen and oxygen atoms in total. The van der Waals surface area contributed by atoms with Crippen molar-refractivity contribution in [3.8, 4) is 0 Å². The first-order chi connectivity index (χ1) is 9.15. The predicted octanol–water partition coefficient (Wildman–Crippen LogP) is 2.47. The SMILES string of the molecule is CC(S(=O)(=O)C(F)(F)C(F)(F)F)S(=O)(=O)C(F)(F)C(F)(F)F. The van der Waals surface area contributed by atoms with E-state index in [0.717, 1.165) is 0 Å². The molecule has 0 bridgehead atoms. The predicted molar refractivity (Wildman–Crippen MR) is 49.3 cm³/mol. The van der Waals surface area contributed by atoms with Gasteiger partial charge < -0.3 is 0 Å². The fraction of sp³-hybridized carbons (Fsp3) is 1.00. The van der Waals surface area contributed by atoms with Gasteiger partial charge in [-0.1, -0.05) is 0 Å². The van der Waals surface area contributed by atoms with Gasteiger partial charge in [-0.05, 0) is 6.92 Å². The molecule has 0 N–H and O–H groups in total. The fourth-order valence-corrected chi connectivity index (χ4v) is 4.44. The summed E-state index contributed by atoms with van der Waals surface area (Å²) in [4.78, 5) is 0. The smallest absolute Gasteiger partial charge is 0.221 e. The number of halogens is 10. The van der Waals surface area contributed by atoms with E-state index in [2.05, 4.69) is 0 Å². The van der Waals surface area contributed by atoms with Crippen molar-refractivity contribution in [1.29, 1.82) is 0 Å². The van der Waals surface area contributed by atoms with Gasteiger partial charge >= 0.3 is 22.9 Å². The van der Waals surface area contributed by atoms with E-state index in [0.29, 0.717) is 0 Å². The second-order valence-electron chi connectivity index (χ2n) is 3.69. The standard InChI is InChI=1S/C6H4F10O4S2/c1-2(21(17,18)5(13,14)3(7,8)9)22(19,20)6(15,16)4(10,11)12/h2H,1H3. The molecule has 0 aliphatic heterocycles. The van der Waals surface area contributed by atoms with E-state index in [-0.39, 0.29) is 0 Å². The van der Waals surface area contributed by atoms with Crippen LogP contribution in [0.15, 0.2) is 0 Å². The van der Waals surface area contributed by atoms with Gasteiger partial charge in [-0.3, -0.25) is 0 Å². The molecular weight excluding hydrogens is 390 g/mol. The Morgan fingerprint density at radius 3 is 0.909 bits per heavy atom. The third-order valence-electron chi connectivity index (χ3n) is 2.25. The Kier molecular flexibility index (Phi) is 4.92. The molecule has 0 aliphatic carbocycles. The van der Waals surface area contributed by atoms with Crippen LogP contribution in [0.1, 0.15) is 6.92 Å². The van der Waals surface area contributed by atoms with Gasteiger partial charge in [0.25, 0.3) is 0 Å². The van der Waals surface area contributed by atoms with E-state index in [1.165, 1.54) is 0 Å². The van der Waals surface area contributed by atoms with Crippen LogP contribution < -0.4 is 0 Å². The number of sulfone groups is 2. The van der Waals surface area contributed by atoms with Crippen LogP contribution >= 0.6 is 0 Å². The first-order valence-electron chi connectivity index (χ1n) is 4.51. The van der Waals surface area contributed by atoms with Crippen LogP contribution in [0, 0.1) is 0 Å². The molecule has 22 heavy (non-hydrogen) atoms. The van der Waals surface area contributed by atoms with Gasteiger partial charge in [-0.2, -0.15) is 43.9 Å². The Bertz CT molecular complexity index is 569. The summed E-state index contributed by atoms with van der Waals surface area (Å²) in [6.45, 7) is -0.649. The fourth-order valence-electron chi connectivity index (χ4n) is 0.906. The molecule has 16 heteroatoms. The Morgan fingerprint density at radius 1 is 0.591 bits per heavy atom. The van der Waals surface area contributed by atoms with Crippen LogP contribution in [-0.2, 0) is 19.7 Å². The average Bonchev–Trinajstić information content (AvgIpc) is 2.24. The van der Waals surface area contributed by atoms with Crippen molar-refractivity contribution in [2.45, 2.75) is 34.4 Å². The van der Waals surface area contributed by atoms with Crippen molar-refractivity contribution in [3.63, 3.8) is 0 Å². The molecule has 0 amide bonds. The highest BCUT2D eigenvalue weighted by atomic mass is 32.3. The van der Waals surface area contributed by atoms with Gasteiger partial charge in [0, 0.05) is 0 Å². The van der Waals surface area contributed by atoms with Crippen LogP contribution in [0.3, 0.4) is 0 Å². The summed E-state index contributed by atoms with van der Waals surface area (Å²) < 4.78 is 161. The van der Waals surface area contributed by atoms with Crippen LogP contribution in [0.4, 0.5) is 43.9 Å². The van der Waals surface area contributed by atoms with E-state index < -0.39 is 54.0 Å². The summed E-state index contributed by atoms with van der Waals surface area (Å²) in [5, 5.41) is -13.7. The molecular formula is C6H4F10O4S2. The molecule has 0 atom stereocenters. The highest BCUT2D eigenvalue weighted by Crippen LogP contribution is 2.47. The van der Waals surface area contributed by atoms with Crippen LogP contribution in [-0.4, -0.2) is 44.3 Å². The van der Waals surface area contributed by atoms with Crippen molar-refractivity contribution in [2.75, 3.05) is 0 Å². The van der Waals surface area contributed by atoms with Gasteiger partial charge in [-0.25, -0.2) is 16.8 Å². The van der Waals surface area contributed by atoms with Crippen molar-refractivity contribution >= 4 is 19.7 Å². The molecule has 0 aromatic carbocycles. The topological polar surface area (TPSA) is 68.3 Å². The summed E-state index contributed by atoms with van der Waals surface area (Å²) in [5.41, 5.74) is 0. The van der Waals surface area contributed by atoms with Gasteiger partial charge in [0.1, 0.15) is 0 Å². The number of hydrogen-bond acceptors (Lipinski definition) is 4. The van der Waals surface area contributed by atoms with Crippen LogP contribution in [0.5, 0.6) is 0 Å². The molecule has 0 unspecified atom stereocenters. The molecule has 0 aromatic heterocycles. The van der Waals surface area contributed by atoms with E-state index >= 15 is 0 Å². The number of rotatable bonds is 4. The molecule has 0 aromatic rings. The van der Waals surface area contributed by atoms with Gasteiger partial charge in [0.2, 0.25) is 19.7 Å². The van der Waals surface area contributed by atoms with Crippen molar-refractivity contribution in [1.82, 2.24) is 0 Å². The molecule has 0 rings (SSSR count). The van der Waals surface area contributed by atoms with Gasteiger partial charge in [0.05, 0.1) is 0 Å². The average molecular weight is 394 g/mol. The summed E-state index contributed by atoms with van der Waals surface area (Å²) in [6, 6.07) is 0. The van der Waals surface area contributed by atoms with E-state index in [9.17, 15) is 60.7 Å². The molecule has 0 fully saturated rings. The molecule has 134 valence electrons. The first-order valence-corrected chi connectivity index (χ1v) is 7.61. The quantitative estimate of drug-likeness (QED) is 0.688. The maximum atomic E-state index is 12.7. The summed E-state index contributed by atoms with van der Waals surface area (Å²) in [6.07, 6.45) is -13.9. The number of hydrogen-bond donors (Lipinski definition) is 0. The molecule has 0 saturated carbocycles. The van der Waals surface area contributed by atoms with Crippen molar-refractivity contribution in [2.24, 2.45) is 0 Å². The molecule has 0 heterocycles.